The van der Waals surface area contributed by atoms with Crippen LogP contribution in [0.5, 0.6) is 11.5 Å². The van der Waals surface area contributed by atoms with Crippen LogP contribution < -0.4 is 14.2 Å². The Morgan fingerprint density at radius 3 is 2.70 bits per heavy atom. The van der Waals surface area contributed by atoms with Gasteiger partial charge in [0.1, 0.15) is 10.0 Å². The van der Waals surface area contributed by atoms with E-state index in [0.717, 1.165) is 5.56 Å². The van der Waals surface area contributed by atoms with Gasteiger partial charge in [0.25, 0.3) is 0 Å². The molecule has 1 aromatic carbocycles. The molecule has 9 heteroatoms. The van der Waals surface area contributed by atoms with Crippen LogP contribution in [0.4, 0.5) is 0 Å². The van der Waals surface area contributed by atoms with Crippen LogP contribution in [0.15, 0.2) is 23.1 Å². The van der Waals surface area contributed by atoms with E-state index in [0.29, 0.717) is 17.2 Å². The molecule has 1 aromatic heterocycles. The standard InChI is InChI=1S/C14H16ClN3O4S/c1-8(10-4-5-11-12(6-10)22-7-21-11)17-23(19,20)13-9(2)16-18(3)14(13)15/h4-6,8,17H,7H2,1-3H3. The quantitative estimate of drug-likeness (QED) is 0.906. The first-order valence-electron chi connectivity index (χ1n) is 6.90. The zero-order valence-corrected chi connectivity index (χ0v) is 14.4. The summed E-state index contributed by atoms with van der Waals surface area (Å²) in [5.74, 6) is 1.25. The Morgan fingerprint density at radius 1 is 1.35 bits per heavy atom. The number of aromatic nitrogens is 2. The van der Waals surface area contributed by atoms with Crippen molar-refractivity contribution in [2.24, 2.45) is 7.05 Å². The summed E-state index contributed by atoms with van der Waals surface area (Å²) < 4.78 is 39.7. The Morgan fingerprint density at radius 2 is 2.04 bits per heavy atom. The summed E-state index contributed by atoms with van der Waals surface area (Å²) in [5.41, 5.74) is 1.11. The minimum Gasteiger partial charge on any atom is -0.454 e. The van der Waals surface area contributed by atoms with Crippen molar-refractivity contribution in [2.75, 3.05) is 6.79 Å². The topological polar surface area (TPSA) is 82.5 Å². The minimum absolute atomic E-state index is 0.00531. The number of benzene rings is 1. The molecule has 0 amide bonds. The summed E-state index contributed by atoms with van der Waals surface area (Å²) in [5, 5.41) is 4.11. The van der Waals surface area contributed by atoms with Gasteiger partial charge in [-0.1, -0.05) is 17.7 Å². The number of nitrogens with one attached hydrogen (secondary N) is 1. The third-order valence-corrected chi connectivity index (χ3v) is 5.83. The molecule has 2 heterocycles. The largest absolute Gasteiger partial charge is 0.454 e. The van der Waals surface area contributed by atoms with E-state index < -0.39 is 16.1 Å². The third-order valence-electron chi connectivity index (χ3n) is 3.60. The molecule has 0 saturated carbocycles. The van der Waals surface area contributed by atoms with Crippen molar-refractivity contribution < 1.29 is 17.9 Å². The highest BCUT2D eigenvalue weighted by Gasteiger charge is 2.27. The van der Waals surface area contributed by atoms with Gasteiger partial charge in [-0.3, -0.25) is 4.68 Å². The maximum atomic E-state index is 12.6. The van der Waals surface area contributed by atoms with Gasteiger partial charge in [-0.15, -0.1) is 0 Å². The number of hydrogen-bond acceptors (Lipinski definition) is 5. The summed E-state index contributed by atoms with van der Waals surface area (Å²) in [7, 11) is -2.21. The van der Waals surface area contributed by atoms with Gasteiger partial charge in [0.05, 0.1) is 5.69 Å². The average molecular weight is 358 g/mol. The molecule has 7 nitrogen and oxygen atoms in total. The van der Waals surface area contributed by atoms with E-state index in [4.69, 9.17) is 21.1 Å². The predicted molar refractivity (Wildman–Crippen MR) is 84.3 cm³/mol. The molecular formula is C14H16ClN3O4S. The second kappa shape index (κ2) is 5.70. The lowest BCUT2D eigenvalue weighted by molar-refractivity contribution is 0.174. The van der Waals surface area contributed by atoms with Crippen LogP contribution in [0.2, 0.25) is 5.15 Å². The molecule has 1 aliphatic rings. The molecule has 1 atom stereocenters. The molecule has 0 aliphatic carbocycles. The molecule has 0 bridgehead atoms. The van der Waals surface area contributed by atoms with E-state index in [1.54, 1.807) is 39.1 Å². The Labute approximate surface area is 139 Å². The van der Waals surface area contributed by atoms with Gasteiger partial charge < -0.3 is 9.47 Å². The van der Waals surface area contributed by atoms with E-state index in [-0.39, 0.29) is 16.8 Å². The van der Waals surface area contributed by atoms with Crippen LogP contribution in [0, 0.1) is 6.92 Å². The molecule has 0 fully saturated rings. The van der Waals surface area contributed by atoms with Crippen LogP contribution in [0.1, 0.15) is 24.2 Å². The zero-order valence-electron chi connectivity index (χ0n) is 12.8. The molecule has 2 aromatic rings. The number of aryl methyl sites for hydroxylation is 2. The van der Waals surface area contributed by atoms with Crippen LogP contribution in [-0.4, -0.2) is 25.0 Å². The second-order valence-electron chi connectivity index (χ2n) is 5.28. The lowest BCUT2D eigenvalue weighted by Crippen LogP contribution is -2.27. The highest BCUT2D eigenvalue weighted by molar-refractivity contribution is 7.89. The maximum absolute atomic E-state index is 12.6. The van der Waals surface area contributed by atoms with Crippen molar-refractivity contribution in [3.05, 3.63) is 34.6 Å². The maximum Gasteiger partial charge on any atom is 0.246 e. The lowest BCUT2D eigenvalue weighted by atomic mass is 10.1. The zero-order chi connectivity index (χ0) is 16.8. The molecule has 1 aliphatic heterocycles. The Kier molecular flexibility index (Phi) is 3.99. The van der Waals surface area contributed by atoms with Crippen LogP contribution >= 0.6 is 11.6 Å². The molecule has 0 spiro atoms. The van der Waals surface area contributed by atoms with E-state index in [1.165, 1.54) is 4.68 Å². The summed E-state index contributed by atoms with van der Waals surface area (Å²) in [6.07, 6.45) is 0. The predicted octanol–water partition coefficient (Wildman–Crippen LogP) is 2.15. The van der Waals surface area contributed by atoms with Crippen molar-refractivity contribution in [1.82, 2.24) is 14.5 Å². The van der Waals surface area contributed by atoms with Crippen LogP contribution in [0.3, 0.4) is 0 Å². The molecule has 0 radical (unpaired) electrons. The van der Waals surface area contributed by atoms with Crippen LogP contribution in [0.25, 0.3) is 0 Å². The van der Waals surface area contributed by atoms with Gasteiger partial charge in [0.15, 0.2) is 11.5 Å². The number of sulfonamides is 1. The Bertz CT molecular complexity index is 863. The number of nitrogens with zero attached hydrogens (tertiary/aromatic N) is 2. The first-order valence-corrected chi connectivity index (χ1v) is 8.76. The van der Waals surface area contributed by atoms with E-state index >= 15 is 0 Å². The molecule has 124 valence electrons. The van der Waals surface area contributed by atoms with E-state index in [9.17, 15) is 8.42 Å². The smallest absolute Gasteiger partial charge is 0.246 e. The van der Waals surface area contributed by atoms with E-state index in [2.05, 4.69) is 9.82 Å². The van der Waals surface area contributed by atoms with Gasteiger partial charge >= 0.3 is 0 Å². The van der Waals surface area contributed by atoms with Gasteiger partial charge in [-0.2, -0.15) is 5.10 Å². The molecular weight excluding hydrogens is 342 g/mol. The number of hydrogen-bond donors (Lipinski definition) is 1. The minimum atomic E-state index is -3.80. The third kappa shape index (κ3) is 2.89. The molecule has 1 unspecified atom stereocenters. The first-order chi connectivity index (χ1) is 10.8. The summed E-state index contributed by atoms with van der Waals surface area (Å²) in [6.45, 7) is 3.52. The van der Waals surface area contributed by atoms with Crippen LogP contribution in [-0.2, 0) is 17.1 Å². The van der Waals surface area contributed by atoms with Crippen molar-refractivity contribution in [1.29, 1.82) is 0 Å². The fourth-order valence-electron chi connectivity index (χ4n) is 2.46. The molecule has 3 rings (SSSR count). The molecule has 1 N–H and O–H groups in total. The summed E-state index contributed by atoms with van der Waals surface area (Å²) >= 11 is 6.05. The summed E-state index contributed by atoms with van der Waals surface area (Å²) in [6, 6.07) is 4.83. The van der Waals surface area contributed by atoms with Gasteiger partial charge in [0.2, 0.25) is 16.8 Å². The number of ether oxygens (including phenoxy) is 2. The SMILES string of the molecule is Cc1nn(C)c(Cl)c1S(=O)(=O)NC(C)c1ccc2c(c1)OCO2. The lowest BCUT2D eigenvalue weighted by Gasteiger charge is -2.15. The van der Waals surface area contributed by atoms with Gasteiger partial charge in [-0.05, 0) is 31.5 Å². The van der Waals surface area contributed by atoms with Crippen molar-refractivity contribution in [3.8, 4) is 11.5 Å². The molecule has 23 heavy (non-hydrogen) atoms. The Hall–Kier alpha value is -1.77. The van der Waals surface area contributed by atoms with Gasteiger partial charge in [-0.25, -0.2) is 13.1 Å². The first kappa shape index (κ1) is 16.1. The van der Waals surface area contributed by atoms with Crippen molar-refractivity contribution >= 4 is 21.6 Å². The fourth-order valence-corrected chi connectivity index (χ4v) is 4.44. The van der Waals surface area contributed by atoms with Crippen molar-refractivity contribution in [3.63, 3.8) is 0 Å². The highest BCUT2D eigenvalue weighted by atomic mass is 35.5. The number of halogens is 1. The van der Waals surface area contributed by atoms with E-state index in [1.807, 2.05) is 0 Å². The molecule has 0 saturated heterocycles. The highest BCUT2D eigenvalue weighted by Crippen LogP contribution is 2.34. The normalized spacial score (nSPS) is 15.0. The fraction of sp³-hybridized carbons (Fsp3) is 0.357. The monoisotopic (exact) mass is 357 g/mol. The number of rotatable bonds is 4. The van der Waals surface area contributed by atoms with Crippen molar-refractivity contribution in [2.45, 2.75) is 24.8 Å². The Balaban J connectivity index is 1.88. The second-order valence-corrected chi connectivity index (χ2v) is 7.29. The number of fused-ring (bicyclic) bond motifs is 1. The summed E-state index contributed by atoms with van der Waals surface area (Å²) in [4.78, 5) is -0.00531. The average Bonchev–Trinajstić information content (AvgIpc) is 3.02. The van der Waals surface area contributed by atoms with Gasteiger partial charge in [0, 0.05) is 13.1 Å².